The average Bonchev–Trinajstić information content (AvgIpc) is 2.71. The number of hydrogen-bond donors (Lipinski definition) is 3. The second-order valence-corrected chi connectivity index (χ2v) is 5.07. The zero-order chi connectivity index (χ0) is 15.1. The third-order valence-electron chi connectivity index (χ3n) is 3.31. The van der Waals surface area contributed by atoms with Gasteiger partial charge in [-0.3, -0.25) is 4.79 Å². The summed E-state index contributed by atoms with van der Waals surface area (Å²) in [5.41, 5.74) is 18.2. The lowest BCUT2D eigenvalue weighted by atomic mass is 10.2. The van der Waals surface area contributed by atoms with Crippen molar-refractivity contribution in [2.75, 3.05) is 11.5 Å². The molecule has 0 fully saturated rings. The molecule has 0 atom stereocenters. The number of rotatable bonds is 3. The minimum Gasteiger partial charge on any atom is -0.383 e. The van der Waals surface area contributed by atoms with Crippen LogP contribution in [0.3, 0.4) is 0 Å². The highest BCUT2D eigenvalue weighted by atomic mass is 35.5. The van der Waals surface area contributed by atoms with Gasteiger partial charge in [-0.15, -0.1) is 0 Å². The van der Waals surface area contributed by atoms with Crippen LogP contribution in [-0.4, -0.2) is 20.4 Å². The molecule has 2 heterocycles. The summed E-state index contributed by atoms with van der Waals surface area (Å²) < 4.78 is 1.83. The van der Waals surface area contributed by atoms with Gasteiger partial charge in [-0.2, -0.15) is 9.97 Å². The number of benzene rings is 1. The normalized spacial score (nSPS) is 11.3. The fourth-order valence-electron chi connectivity index (χ4n) is 2.47. The number of amides is 1. The number of hydrogen-bond acceptors (Lipinski definition) is 5. The molecule has 0 bridgehead atoms. The quantitative estimate of drug-likeness (QED) is 0.672. The van der Waals surface area contributed by atoms with E-state index in [9.17, 15) is 4.79 Å². The van der Waals surface area contributed by atoms with E-state index in [0.29, 0.717) is 22.6 Å². The molecule has 0 aliphatic heterocycles. The first-order chi connectivity index (χ1) is 9.99. The number of nitrogens with two attached hydrogens (primary N) is 3. The molecular formula is C13H13ClN6O. The molecule has 6 N–H and O–H groups in total. The van der Waals surface area contributed by atoms with Crippen LogP contribution in [0.5, 0.6) is 0 Å². The maximum atomic E-state index is 11.1. The molecule has 0 unspecified atom stereocenters. The summed E-state index contributed by atoms with van der Waals surface area (Å²) in [6, 6.07) is 5.45. The fraction of sp³-hybridized carbons (Fsp3) is 0.154. The average molecular weight is 305 g/mol. The number of aromatic nitrogens is 3. The van der Waals surface area contributed by atoms with E-state index >= 15 is 0 Å². The molecule has 0 radical (unpaired) electrons. The van der Waals surface area contributed by atoms with E-state index in [1.54, 1.807) is 6.07 Å². The summed E-state index contributed by atoms with van der Waals surface area (Å²) in [5, 5.41) is 1.92. The molecular weight excluding hydrogens is 292 g/mol. The molecule has 0 saturated carbocycles. The monoisotopic (exact) mass is 304 g/mol. The number of anilines is 2. The minimum atomic E-state index is -0.401. The van der Waals surface area contributed by atoms with Crippen LogP contribution in [0.15, 0.2) is 18.2 Å². The molecule has 21 heavy (non-hydrogen) atoms. The summed E-state index contributed by atoms with van der Waals surface area (Å²) >= 11 is 6.28. The number of carbonyl (C=O) groups is 1. The van der Waals surface area contributed by atoms with Gasteiger partial charge < -0.3 is 21.8 Å². The van der Waals surface area contributed by atoms with Gasteiger partial charge in [-0.1, -0.05) is 17.7 Å². The smallest absolute Gasteiger partial charge is 0.223 e. The predicted octanol–water partition coefficient (Wildman–Crippen LogP) is 1.28. The van der Waals surface area contributed by atoms with E-state index < -0.39 is 5.91 Å². The summed E-state index contributed by atoms with van der Waals surface area (Å²) in [6.07, 6.45) is 0.176. The second kappa shape index (κ2) is 4.78. The van der Waals surface area contributed by atoms with Crippen LogP contribution in [0.2, 0.25) is 5.02 Å². The van der Waals surface area contributed by atoms with Crippen molar-refractivity contribution >= 4 is 51.2 Å². The van der Waals surface area contributed by atoms with E-state index in [2.05, 4.69) is 9.97 Å². The van der Waals surface area contributed by atoms with Gasteiger partial charge in [0.05, 0.1) is 15.9 Å². The van der Waals surface area contributed by atoms with Crippen molar-refractivity contribution in [3.63, 3.8) is 0 Å². The van der Waals surface area contributed by atoms with Gasteiger partial charge in [0.1, 0.15) is 11.5 Å². The number of halogens is 1. The summed E-state index contributed by atoms with van der Waals surface area (Å²) in [4.78, 5) is 19.3. The largest absolute Gasteiger partial charge is 0.383 e. The predicted molar refractivity (Wildman–Crippen MR) is 82.7 cm³/mol. The van der Waals surface area contributed by atoms with Crippen LogP contribution >= 0.6 is 11.6 Å². The molecule has 108 valence electrons. The lowest BCUT2D eigenvalue weighted by molar-refractivity contribution is -0.118. The maximum Gasteiger partial charge on any atom is 0.223 e. The molecule has 0 aliphatic carbocycles. The summed E-state index contributed by atoms with van der Waals surface area (Å²) in [7, 11) is 0. The van der Waals surface area contributed by atoms with Crippen molar-refractivity contribution in [2.24, 2.45) is 5.73 Å². The molecule has 0 spiro atoms. The first-order valence-electron chi connectivity index (χ1n) is 6.26. The van der Waals surface area contributed by atoms with Crippen molar-refractivity contribution in [1.29, 1.82) is 0 Å². The molecule has 7 nitrogen and oxygen atoms in total. The molecule has 8 heteroatoms. The lowest BCUT2D eigenvalue weighted by Crippen LogP contribution is -2.14. The Kier molecular flexibility index (Phi) is 3.06. The third kappa shape index (κ3) is 2.11. The SMILES string of the molecule is NC(=O)CCn1c2cccc(Cl)c2c2c(N)nc(N)nc21. The van der Waals surface area contributed by atoms with Crippen molar-refractivity contribution < 1.29 is 4.79 Å². The van der Waals surface area contributed by atoms with E-state index in [4.69, 9.17) is 28.8 Å². The van der Waals surface area contributed by atoms with Gasteiger partial charge >= 0.3 is 0 Å². The topological polar surface area (TPSA) is 126 Å². The van der Waals surface area contributed by atoms with Crippen LogP contribution in [0.25, 0.3) is 21.9 Å². The Morgan fingerprint density at radius 2 is 2.00 bits per heavy atom. The van der Waals surface area contributed by atoms with Gasteiger partial charge in [-0.05, 0) is 12.1 Å². The Labute approximate surface area is 124 Å². The minimum absolute atomic E-state index is 0.0688. The Balaban J connectivity index is 2.41. The highest BCUT2D eigenvalue weighted by Gasteiger charge is 2.18. The molecule has 3 rings (SSSR count). The highest BCUT2D eigenvalue weighted by molar-refractivity contribution is 6.38. The summed E-state index contributed by atoms with van der Waals surface area (Å²) in [5.74, 6) is -0.0743. The van der Waals surface area contributed by atoms with E-state index in [1.165, 1.54) is 0 Å². The van der Waals surface area contributed by atoms with Crippen LogP contribution < -0.4 is 17.2 Å². The van der Waals surface area contributed by atoms with Crippen LogP contribution in [0, 0.1) is 0 Å². The summed E-state index contributed by atoms with van der Waals surface area (Å²) in [6.45, 7) is 0.367. The molecule has 1 amide bonds. The van der Waals surface area contributed by atoms with Crippen molar-refractivity contribution in [3.05, 3.63) is 23.2 Å². The molecule has 2 aromatic heterocycles. The first kappa shape index (κ1) is 13.4. The number of nitrogens with zero attached hydrogens (tertiary/aromatic N) is 3. The Bertz CT molecular complexity index is 872. The molecule has 0 aliphatic rings. The van der Waals surface area contributed by atoms with Gasteiger partial charge in [-0.25, -0.2) is 0 Å². The Hall–Kier alpha value is -2.54. The molecule has 3 aromatic rings. The Morgan fingerprint density at radius 1 is 1.24 bits per heavy atom. The van der Waals surface area contributed by atoms with E-state index in [0.717, 1.165) is 10.9 Å². The van der Waals surface area contributed by atoms with E-state index in [-0.39, 0.29) is 18.2 Å². The first-order valence-corrected chi connectivity index (χ1v) is 6.64. The van der Waals surface area contributed by atoms with Gasteiger partial charge in [0, 0.05) is 18.4 Å². The number of fused-ring (bicyclic) bond motifs is 3. The number of carbonyl (C=O) groups excluding carboxylic acids is 1. The second-order valence-electron chi connectivity index (χ2n) is 4.67. The molecule has 0 saturated heterocycles. The third-order valence-corrected chi connectivity index (χ3v) is 3.62. The standard InChI is InChI=1S/C13H13ClN6O/c14-6-2-1-3-7-9(6)10-11(16)18-13(17)19-12(10)20(7)5-4-8(15)21/h1-3H,4-5H2,(H2,15,21)(H4,16,17,18,19). The van der Waals surface area contributed by atoms with Crippen molar-refractivity contribution in [3.8, 4) is 0 Å². The zero-order valence-electron chi connectivity index (χ0n) is 11.0. The Morgan fingerprint density at radius 3 is 2.71 bits per heavy atom. The van der Waals surface area contributed by atoms with Crippen LogP contribution in [0.1, 0.15) is 6.42 Å². The van der Waals surface area contributed by atoms with E-state index in [1.807, 2.05) is 16.7 Å². The van der Waals surface area contributed by atoms with Crippen molar-refractivity contribution in [1.82, 2.24) is 14.5 Å². The fourth-order valence-corrected chi connectivity index (χ4v) is 2.73. The lowest BCUT2D eigenvalue weighted by Gasteiger charge is -2.05. The van der Waals surface area contributed by atoms with Gasteiger partial charge in [0.2, 0.25) is 11.9 Å². The van der Waals surface area contributed by atoms with Gasteiger partial charge in [0.25, 0.3) is 0 Å². The number of nitrogen functional groups attached to an aromatic ring is 2. The zero-order valence-corrected chi connectivity index (χ0v) is 11.8. The molecule has 1 aromatic carbocycles. The number of primary amides is 1. The highest BCUT2D eigenvalue weighted by Crippen LogP contribution is 2.36. The van der Waals surface area contributed by atoms with Crippen LogP contribution in [-0.2, 0) is 11.3 Å². The van der Waals surface area contributed by atoms with Crippen LogP contribution in [0.4, 0.5) is 11.8 Å². The van der Waals surface area contributed by atoms with Gasteiger partial charge in [0.15, 0.2) is 0 Å². The number of aryl methyl sites for hydroxylation is 1. The maximum absolute atomic E-state index is 11.1. The van der Waals surface area contributed by atoms with Crippen molar-refractivity contribution in [2.45, 2.75) is 13.0 Å².